The molecule has 3 aromatic rings. The van der Waals surface area contributed by atoms with Crippen LogP contribution in [0.15, 0.2) is 66.7 Å². The number of benzene rings is 2. The predicted molar refractivity (Wildman–Crippen MR) is 110 cm³/mol. The van der Waals surface area contributed by atoms with Gasteiger partial charge in [-0.25, -0.2) is 0 Å². The molecule has 0 spiro atoms. The second-order valence-corrected chi connectivity index (χ2v) is 6.28. The van der Waals surface area contributed by atoms with Crippen molar-refractivity contribution in [2.75, 3.05) is 25.5 Å². The molecule has 1 aromatic heterocycles. The summed E-state index contributed by atoms with van der Waals surface area (Å²) in [5.41, 5.74) is 2.62. The van der Waals surface area contributed by atoms with Gasteiger partial charge >= 0.3 is 0 Å². The molecule has 0 aliphatic heterocycles. The number of carbonyl (C=O) groups is 1. The van der Waals surface area contributed by atoms with E-state index < -0.39 is 0 Å². The van der Waals surface area contributed by atoms with Crippen molar-refractivity contribution in [2.24, 2.45) is 0 Å². The van der Waals surface area contributed by atoms with Gasteiger partial charge in [0, 0.05) is 13.1 Å². The molecule has 0 saturated carbocycles. The molecule has 0 aliphatic carbocycles. The minimum Gasteiger partial charge on any atom is -0.496 e. The molecule has 0 aliphatic rings. The predicted octanol–water partition coefficient (Wildman–Crippen LogP) is 3.11. The standard InChI is InChI=1S/C22H24N4O2/c1-28-20-10-6-5-9-18(20)14-16-23-21-12-11-19(25-26-21)22(27)24-15-13-17-7-3-2-4-8-17/h2-12H,13-16H2,1H3,(H,23,26)(H,24,27). The van der Waals surface area contributed by atoms with Crippen LogP contribution in [0.3, 0.4) is 0 Å². The Balaban J connectivity index is 1.44. The first-order valence-corrected chi connectivity index (χ1v) is 9.28. The number of amides is 1. The summed E-state index contributed by atoms with van der Waals surface area (Å²) in [6.45, 7) is 1.25. The lowest BCUT2D eigenvalue weighted by Crippen LogP contribution is -2.26. The van der Waals surface area contributed by atoms with E-state index in [-0.39, 0.29) is 5.91 Å². The number of aromatic nitrogens is 2. The number of carbonyl (C=O) groups excluding carboxylic acids is 1. The van der Waals surface area contributed by atoms with Crippen LogP contribution in [0.4, 0.5) is 5.82 Å². The molecule has 2 N–H and O–H groups in total. The van der Waals surface area contributed by atoms with Crippen LogP contribution in [0.2, 0.25) is 0 Å². The van der Waals surface area contributed by atoms with Crippen molar-refractivity contribution in [3.05, 3.63) is 83.6 Å². The van der Waals surface area contributed by atoms with Crippen LogP contribution >= 0.6 is 0 Å². The van der Waals surface area contributed by atoms with Gasteiger partial charge in [-0.1, -0.05) is 48.5 Å². The fourth-order valence-corrected chi connectivity index (χ4v) is 2.84. The average Bonchev–Trinajstić information content (AvgIpc) is 2.75. The maximum Gasteiger partial charge on any atom is 0.271 e. The van der Waals surface area contributed by atoms with Gasteiger partial charge in [-0.15, -0.1) is 10.2 Å². The molecule has 1 heterocycles. The summed E-state index contributed by atoms with van der Waals surface area (Å²) in [5, 5.41) is 14.2. The summed E-state index contributed by atoms with van der Waals surface area (Å²) in [4.78, 5) is 12.2. The van der Waals surface area contributed by atoms with E-state index in [0.29, 0.717) is 24.6 Å². The lowest BCUT2D eigenvalue weighted by molar-refractivity contribution is 0.0948. The Morgan fingerprint density at radius 3 is 2.43 bits per heavy atom. The third kappa shape index (κ3) is 5.54. The van der Waals surface area contributed by atoms with Crippen molar-refractivity contribution in [3.8, 4) is 5.75 Å². The number of para-hydroxylation sites is 1. The second-order valence-electron chi connectivity index (χ2n) is 6.28. The lowest BCUT2D eigenvalue weighted by atomic mass is 10.1. The maximum absolute atomic E-state index is 12.2. The molecule has 0 saturated heterocycles. The highest BCUT2D eigenvalue weighted by molar-refractivity contribution is 5.92. The van der Waals surface area contributed by atoms with Crippen molar-refractivity contribution in [1.82, 2.24) is 15.5 Å². The number of hydrogen-bond donors (Lipinski definition) is 2. The van der Waals surface area contributed by atoms with E-state index in [0.717, 1.165) is 24.2 Å². The Morgan fingerprint density at radius 2 is 1.68 bits per heavy atom. The molecule has 2 aromatic carbocycles. The average molecular weight is 376 g/mol. The zero-order valence-corrected chi connectivity index (χ0v) is 15.9. The van der Waals surface area contributed by atoms with Gasteiger partial charge in [0.1, 0.15) is 11.6 Å². The van der Waals surface area contributed by atoms with Gasteiger partial charge in [-0.2, -0.15) is 0 Å². The van der Waals surface area contributed by atoms with Gasteiger partial charge < -0.3 is 15.4 Å². The topological polar surface area (TPSA) is 76.1 Å². The normalized spacial score (nSPS) is 10.3. The summed E-state index contributed by atoms with van der Waals surface area (Å²) in [7, 11) is 1.67. The fourth-order valence-electron chi connectivity index (χ4n) is 2.84. The Labute approximate surface area is 165 Å². The van der Waals surface area contributed by atoms with Crippen molar-refractivity contribution < 1.29 is 9.53 Å². The number of rotatable bonds is 9. The van der Waals surface area contributed by atoms with E-state index >= 15 is 0 Å². The number of nitrogens with one attached hydrogen (secondary N) is 2. The van der Waals surface area contributed by atoms with E-state index in [1.807, 2.05) is 54.6 Å². The van der Waals surface area contributed by atoms with Crippen LogP contribution in [0.25, 0.3) is 0 Å². The van der Waals surface area contributed by atoms with E-state index in [2.05, 4.69) is 20.8 Å². The smallest absolute Gasteiger partial charge is 0.271 e. The molecule has 0 bridgehead atoms. The first-order chi connectivity index (χ1) is 13.8. The first-order valence-electron chi connectivity index (χ1n) is 9.28. The summed E-state index contributed by atoms with van der Waals surface area (Å²) in [6.07, 6.45) is 1.58. The zero-order valence-electron chi connectivity index (χ0n) is 15.9. The highest BCUT2D eigenvalue weighted by Gasteiger charge is 2.08. The van der Waals surface area contributed by atoms with E-state index in [1.54, 1.807) is 19.2 Å². The molecule has 144 valence electrons. The highest BCUT2D eigenvalue weighted by Crippen LogP contribution is 2.17. The second kappa shape index (κ2) is 10.1. The largest absolute Gasteiger partial charge is 0.496 e. The molecule has 3 rings (SSSR count). The minimum absolute atomic E-state index is 0.219. The molecule has 0 unspecified atom stereocenters. The summed E-state index contributed by atoms with van der Waals surface area (Å²) in [5.74, 6) is 1.29. The number of ether oxygens (including phenoxy) is 1. The number of hydrogen-bond acceptors (Lipinski definition) is 5. The molecule has 1 amide bonds. The number of nitrogens with zero attached hydrogens (tertiary/aromatic N) is 2. The van der Waals surface area contributed by atoms with Crippen molar-refractivity contribution in [1.29, 1.82) is 0 Å². The van der Waals surface area contributed by atoms with Crippen molar-refractivity contribution in [3.63, 3.8) is 0 Å². The van der Waals surface area contributed by atoms with Gasteiger partial charge in [0.15, 0.2) is 5.69 Å². The zero-order chi connectivity index (χ0) is 19.6. The molecule has 0 atom stereocenters. The van der Waals surface area contributed by atoms with Crippen LogP contribution in [-0.2, 0) is 12.8 Å². The SMILES string of the molecule is COc1ccccc1CCNc1ccc(C(=O)NCCc2ccccc2)nn1. The van der Waals surface area contributed by atoms with E-state index in [4.69, 9.17) is 4.74 Å². The van der Waals surface area contributed by atoms with Crippen LogP contribution in [-0.4, -0.2) is 36.3 Å². The van der Waals surface area contributed by atoms with Crippen LogP contribution in [0.1, 0.15) is 21.6 Å². The first kappa shape index (κ1) is 19.4. The van der Waals surface area contributed by atoms with Gasteiger partial charge in [0.2, 0.25) is 0 Å². The van der Waals surface area contributed by atoms with Crippen LogP contribution in [0.5, 0.6) is 5.75 Å². The summed E-state index contributed by atoms with van der Waals surface area (Å²) in [6, 6.07) is 21.4. The Bertz CT molecular complexity index is 883. The van der Waals surface area contributed by atoms with E-state index in [9.17, 15) is 4.79 Å². The molecular formula is C22H24N4O2. The van der Waals surface area contributed by atoms with Gasteiger partial charge in [0.05, 0.1) is 7.11 Å². The number of methoxy groups -OCH3 is 1. The molecule has 6 nitrogen and oxygen atoms in total. The maximum atomic E-state index is 12.2. The van der Waals surface area contributed by atoms with E-state index in [1.165, 1.54) is 5.56 Å². The molecule has 28 heavy (non-hydrogen) atoms. The van der Waals surface area contributed by atoms with Crippen molar-refractivity contribution in [2.45, 2.75) is 12.8 Å². The number of anilines is 1. The van der Waals surface area contributed by atoms with Gasteiger partial charge in [-0.05, 0) is 42.2 Å². The molecule has 0 fully saturated rings. The molecule has 0 radical (unpaired) electrons. The van der Waals surface area contributed by atoms with Crippen LogP contribution < -0.4 is 15.4 Å². The quantitative estimate of drug-likeness (QED) is 0.600. The Hall–Kier alpha value is -3.41. The highest BCUT2D eigenvalue weighted by atomic mass is 16.5. The minimum atomic E-state index is -0.219. The Morgan fingerprint density at radius 1 is 0.893 bits per heavy atom. The summed E-state index contributed by atoms with van der Waals surface area (Å²) >= 11 is 0. The fraction of sp³-hybridized carbons (Fsp3) is 0.227. The van der Waals surface area contributed by atoms with Crippen LogP contribution in [0, 0.1) is 0 Å². The van der Waals surface area contributed by atoms with Gasteiger partial charge in [-0.3, -0.25) is 4.79 Å². The van der Waals surface area contributed by atoms with Crippen molar-refractivity contribution >= 4 is 11.7 Å². The third-order valence-corrected chi connectivity index (χ3v) is 4.33. The monoisotopic (exact) mass is 376 g/mol. The molecule has 6 heteroatoms. The third-order valence-electron chi connectivity index (χ3n) is 4.33. The Kier molecular flexibility index (Phi) is 6.95. The summed E-state index contributed by atoms with van der Waals surface area (Å²) < 4.78 is 5.35. The van der Waals surface area contributed by atoms with Gasteiger partial charge in [0.25, 0.3) is 5.91 Å². The molecular weight excluding hydrogens is 352 g/mol. The lowest BCUT2D eigenvalue weighted by Gasteiger charge is -2.09.